The van der Waals surface area contributed by atoms with Crippen LogP contribution in [0, 0.1) is 0 Å². The van der Waals surface area contributed by atoms with Crippen molar-refractivity contribution in [3.63, 3.8) is 0 Å². The Bertz CT molecular complexity index is 115. The van der Waals surface area contributed by atoms with E-state index in [4.69, 9.17) is 4.74 Å². The maximum atomic E-state index is 9.80. The molecule has 0 unspecified atom stereocenters. The van der Waals surface area contributed by atoms with Gasteiger partial charge in [-0.25, -0.2) is 0 Å². The van der Waals surface area contributed by atoms with Gasteiger partial charge in [0, 0.05) is 13.2 Å². The van der Waals surface area contributed by atoms with E-state index in [-0.39, 0.29) is 0 Å². The molecule has 84 valence electrons. The van der Waals surface area contributed by atoms with E-state index >= 15 is 0 Å². The molecule has 3 nitrogen and oxygen atoms in total. The third-order valence-electron chi connectivity index (χ3n) is 2.07. The minimum Gasteiger partial charge on any atom is -0.468 e. The molecule has 0 aromatic heterocycles. The Hall–Kier alpha value is -0.570. The minimum absolute atomic E-state index is 0.516. The fourth-order valence-corrected chi connectivity index (χ4v) is 1.29. The van der Waals surface area contributed by atoms with Crippen molar-refractivity contribution >= 4 is 6.47 Å². The standard InChI is InChI=1S/C11H22O3/c1-2-13-9-7-5-3-4-6-8-10-14-11-12/h11H,2-10H2,1H3. The Kier molecular flexibility index (Phi) is 11.9. The molecule has 0 heterocycles. The van der Waals surface area contributed by atoms with E-state index < -0.39 is 0 Å². The van der Waals surface area contributed by atoms with Crippen LogP contribution >= 0.6 is 0 Å². The Balaban J connectivity index is 2.81. The monoisotopic (exact) mass is 202 g/mol. The number of hydrogen-bond donors (Lipinski definition) is 0. The Labute approximate surface area is 86.8 Å². The van der Waals surface area contributed by atoms with Gasteiger partial charge in [0.2, 0.25) is 0 Å². The molecule has 0 N–H and O–H groups in total. The van der Waals surface area contributed by atoms with Crippen LogP contribution in [-0.4, -0.2) is 26.3 Å². The van der Waals surface area contributed by atoms with Gasteiger partial charge in [0.05, 0.1) is 6.61 Å². The lowest BCUT2D eigenvalue weighted by atomic mass is 10.1. The molecule has 0 saturated heterocycles. The van der Waals surface area contributed by atoms with Crippen molar-refractivity contribution in [2.45, 2.75) is 45.4 Å². The molecular weight excluding hydrogens is 180 g/mol. The van der Waals surface area contributed by atoms with Crippen LogP contribution in [0.25, 0.3) is 0 Å². The first kappa shape index (κ1) is 13.4. The lowest BCUT2D eigenvalue weighted by molar-refractivity contribution is -0.128. The normalized spacial score (nSPS) is 10.1. The van der Waals surface area contributed by atoms with Gasteiger partial charge < -0.3 is 9.47 Å². The molecule has 0 aliphatic rings. The summed E-state index contributed by atoms with van der Waals surface area (Å²) in [6.45, 7) is 4.82. The van der Waals surface area contributed by atoms with Crippen molar-refractivity contribution in [3.05, 3.63) is 0 Å². The Morgan fingerprint density at radius 3 is 2.07 bits per heavy atom. The van der Waals surface area contributed by atoms with E-state index in [2.05, 4.69) is 4.74 Å². The van der Waals surface area contributed by atoms with Gasteiger partial charge in [0.25, 0.3) is 6.47 Å². The molecular formula is C11H22O3. The van der Waals surface area contributed by atoms with Crippen molar-refractivity contribution in [2.75, 3.05) is 19.8 Å². The first-order valence-corrected chi connectivity index (χ1v) is 5.54. The van der Waals surface area contributed by atoms with Crippen molar-refractivity contribution in [2.24, 2.45) is 0 Å². The smallest absolute Gasteiger partial charge is 0.293 e. The number of unbranched alkanes of at least 4 members (excludes halogenated alkanes) is 5. The van der Waals surface area contributed by atoms with Gasteiger partial charge in [-0.2, -0.15) is 0 Å². The van der Waals surface area contributed by atoms with Crippen LogP contribution in [0.15, 0.2) is 0 Å². The zero-order chi connectivity index (χ0) is 10.5. The average molecular weight is 202 g/mol. The zero-order valence-corrected chi connectivity index (χ0v) is 9.17. The molecule has 3 heteroatoms. The van der Waals surface area contributed by atoms with Crippen molar-refractivity contribution in [1.82, 2.24) is 0 Å². The average Bonchev–Trinajstić information content (AvgIpc) is 2.21. The first-order valence-electron chi connectivity index (χ1n) is 5.54. The van der Waals surface area contributed by atoms with E-state index in [0.29, 0.717) is 13.1 Å². The highest BCUT2D eigenvalue weighted by molar-refractivity contribution is 5.36. The molecule has 0 aromatic carbocycles. The maximum absolute atomic E-state index is 9.80. The van der Waals surface area contributed by atoms with Crippen LogP contribution in [-0.2, 0) is 14.3 Å². The second-order valence-electron chi connectivity index (χ2n) is 3.29. The van der Waals surface area contributed by atoms with Crippen LogP contribution < -0.4 is 0 Å². The van der Waals surface area contributed by atoms with Gasteiger partial charge in [0.1, 0.15) is 0 Å². The lowest BCUT2D eigenvalue weighted by Gasteiger charge is -2.01. The highest BCUT2D eigenvalue weighted by atomic mass is 16.5. The largest absolute Gasteiger partial charge is 0.468 e. The van der Waals surface area contributed by atoms with Crippen molar-refractivity contribution < 1.29 is 14.3 Å². The van der Waals surface area contributed by atoms with Gasteiger partial charge >= 0.3 is 0 Å². The number of ether oxygens (including phenoxy) is 2. The molecule has 0 bridgehead atoms. The molecule has 0 spiro atoms. The summed E-state index contributed by atoms with van der Waals surface area (Å²) in [7, 11) is 0. The highest BCUT2D eigenvalue weighted by Crippen LogP contribution is 2.05. The number of rotatable bonds is 11. The summed E-state index contributed by atoms with van der Waals surface area (Å²) < 4.78 is 9.83. The fraction of sp³-hybridized carbons (Fsp3) is 0.909. The predicted molar refractivity (Wildman–Crippen MR) is 56.2 cm³/mol. The second-order valence-corrected chi connectivity index (χ2v) is 3.29. The summed E-state index contributed by atoms with van der Waals surface area (Å²) in [5, 5.41) is 0. The molecule has 0 rings (SSSR count). The summed E-state index contributed by atoms with van der Waals surface area (Å²) >= 11 is 0. The number of carbonyl (C=O) groups excluding carboxylic acids is 1. The Morgan fingerprint density at radius 2 is 1.50 bits per heavy atom. The molecule has 0 fully saturated rings. The second kappa shape index (κ2) is 12.4. The Morgan fingerprint density at radius 1 is 0.929 bits per heavy atom. The van der Waals surface area contributed by atoms with E-state index in [9.17, 15) is 4.79 Å². The van der Waals surface area contributed by atoms with Crippen LogP contribution in [0.3, 0.4) is 0 Å². The molecule has 0 aliphatic heterocycles. The summed E-state index contributed by atoms with van der Waals surface area (Å²) in [6, 6.07) is 0. The third-order valence-corrected chi connectivity index (χ3v) is 2.07. The summed E-state index contributed by atoms with van der Waals surface area (Å²) in [6.07, 6.45) is 7.04. The van der Waals surface area contributed by atoms with Gasteiger partial charge in [-0.1, -0.05) is 25.7 Å². The van der Waals surface area contributed by atoms with Gasteiger partial charge in [-0.05, 0) is 19.8 Å². The summed E-state index contributed by atoms with van der Waals surface area (Å²) in [5.74, 6) is 0. The van der Waals surface area contributed by atoms with Gasteiger partial charge in [0.15, 0.2) is 0 Å². The van der Waals surface area contributed by atoms with Crippen LogP contribution in [0.2, 0.25) is 0 Å². The SMILES string of the molecule is CCOCCCCCCCCOC=O. The van der Waals surface area contributed by atoms with Crippen LogP contribution in [0.1, 0.15) is 45.4 Å². The highest BCUT2D eigenvalue weighted by Gasteiger charge is 1.91. The van der Waals surface area contributed by atoms with Gasteiger partial charge in [-0.3, -0.25) is 4.79 Å². The van der Waals surface area contributed by atoms with E-state index in [0.717, 1.165) is 26.1 Å². The number of hydrogen-bond acceptors (Lipinski definition) is 3. The van der Waals surface area contributed by atoms with E-state index in [1.54, 1.807) is 0 Å². The zero-order valence-electron chi connectivity index (χ0n) is 9.17. The first-order chi connectivity index (χ1) is 6.91. The third kappa shape index (κ3) is 11.4. The maximum Gasteiger partial charge on any atom is 0.293 e. The van der Waals surface area contributed by atoms with Crippen LogP contribution in [0.4, 0.5) is 0 Å². The minimum atomic E-state index is 0.516. The van der Waals surface area contributed by atoms with E-state index in [1.807, 2.05) is 6.92 Å². The molecule has 0 atom stereocenters. The summed E-state index contributed by atoms with van der Waals surface area (Å²) in [4.78, 5) is 9.80. The molecule has 0 radical (unpaired) electrons. The lowest BCUT2D eigenvalue weighted by Crippen LogP contribution is -1.94. The van der Waals surface area contributed by atoms with Crippen molar-refractivity contribution in [1.29, 1.82) is 0 Å². The van der Waals surface area contributed by atoms with Gasteiger partial charge in [-0.15, -0.1) is 0 Å². The molecule has 0 aromatic rings. The quantitative estimate of drug-likeness (QED) is 0.381. The summed E-state index contributed by atoms with van der Waals surface area (Å²) in [5.41, 5.74) is 0. The number of carbonyl (C=O) groups is 1. The van der Waals surface area contributed by atoms with E-state index in [1.165, 1.54) is 25.7 Å². The van der Waals surface area contributed by atoms with Crippen molar-refractivity contribution in [3.8, 4) is 0 Å². The fourth-order valence-electron chi connectivity index (χ4n) is 1.29. The molecule has 0 saturated carbocycles. The predicted octanol–water partition coefficient (Wildman–Crippen LogP) is 2.54. The molecule has 14 heavy (non-hydrogen) atoms. The van der Waals surface area contributed by atoms with Crippen LogP contribution in [0.5, 0.6) is 0 Å². The topological polar surface area (TPSA) is 35.5 Å². The molecule has 0 amide bonds. The molecule has 0 aliphatic carbocycles.